The fourth-order valence-corrected chi connectivity index (χ4v) is 3.37. The van der Waals surface area contributed by atoms with E-state index in [1.807, 2.05) is 0 Å². The topological polar surface area (TPSA) is 35.6 Å². The van der Waals surface area contributed by atoms with Crippen molar-refractivity contribution in [3.05, 3.63) is 0 Å². The van der Waals surface area contributed by atoms with Crippen molar-refractivity contribution in [2.45, 2.75) is 70.6 Å². The van der Waals surface area contributed by atoms with Crippen molar-refractivity contribution in [1.82, 2.24) is 15.1 Å². The average Bonchev–Trinajstić information content (AvgIpc) is 2.70. The van der Waals surface area contributed by atoms with E-state index in [1.54, 1.807) is 0 Å². The molecule has 110 valence electrons. The molecule has 0 aliphatic carbocycles. The number of nitrogens with one attached hydrogen (secondary N) is 1. The van der Waals surface area contributed by atoms with Gasteiger partial charge in [-0.05, 0) is 39.3 Å². The first-order chi connectivity index (χ1) is 9.17. The van der Waals surface area contributed by atoms with Crippen molar-refractivity contribution in [1.29, 1.82) is 0 Å². The molecule has 4 heteroatoms. The highest BCUT2D eigenvalue weighted by Crippen LogP contribution is 2.22. The van der Waals surface area contributed by atoms with Gasteiger partial charge in [0.15, 0.2) is 0 Å². The van der Waals surface area contributed by atoms with E-state index in [2.05, 4.69) is 36.0 Å². The van der Waals surface area contributed by atoms with Gasteiger partial charge in [-0.1, -0.05) is 26.7 Å². The highest BCUT2D eigenvalue weighted by molar-refractivity contribution is 5.84. The summed E-state index contributed by atoms with van der Waals surface area (Å²) in [6.07, 6.45) is 7.19. The van der Waals surface area contributed by atoms with E-state index in [9.17, 15) is 4.79 Å². The van der Waals surface area contributed by atoms with Crippen molar-refractivity contribution in [3.8, 4) is 0 Å². The van der Waals surface area contributed by atoms with Gasteiger partial charge in [0.1, 0.15) is 0 Å². The van der Waals surface area contributed by atoms with Crippen LogP contribution in [0, 0.1) is 0 Å². The number of hydrogen-bond acceptors (Lipinski definition) is 3. The fourth-order valence-electron chi connectivity index (χ4n) is 3.37. The maximum atomic E-state index is 12.4. The van der Waals surface area contributed by atoms with Crippen LogP contribution >= 0.6 is 0 Å². The van der Waals surface area contributed by atoms with E-state index in [4.69, 9.17) is 0 Å². The van der Waals surface area contributed by atoms with Crippen LogP contribution in [0.3, 0.4) is 0 Å². The number of amides is 1. The van der Waals surface area contributed by atoms with Gasteiger partial charge in [0.05, 0.1) is 12.2 Å². The maximum Gasteiger partial charge on any atom is 0.241 e. The summed E-state index contributed by atoms with van der Waals surface area (Å²) in [5, 5.41) is 3.50. The predicted molar refractivity (Wildman–Crippen MR) is 77.9 cm³/mol. The van der Waals surface area contributed by atoms with Gasteiger partial charge in [-0.3, -0.25) is 10.1 Å². The number of nitrogens with zero attached hydrogens (tertiary/aromatic N) is 2. The van der Waals surface area contributed by atoms with Gasteiger partial charge < -0.3 is 9.80 Å². The zero-order chi connectivity index (χ0) is 13.8. The summed E-state index contributed by atoms with van der Waals surface area (Å²) in [6.45, 7) is 6.37. The van der Waals surface area contributed by atoms with Crippen LogP contribution < -0.4 is 5.32 Å². The number of rotatable bonds is 5. The minimum atomic E-state index is 0.0467. The summed E-state index contributed by atoms with van der Waals surface area (Å²) >= 11 is 0. The number of carbonyl (C=O) groups excluding carboxylic acids is 1. The van der Waals surface area contributed by atoms with Crippen LogP contribution in [-0.4, -0.2) is 54.1 Å². The van der Waals surface area contributed by atoms with Crippen LogP contribution in [0.15, 0.2) is 0 Å². The SMILES string of the molecule is CCCC1NC(CC)C(=O)N1CC1CCCCN1C. The summed E-state index contributed by atoms with van der Waals surface area (Å²) in [4.78, 5) is 17.0. The number of hydrogen-bond donors (Lipinski definition) is 1. The summed E-state index contributed by atoms with van der Waals surface area (Å²) in [6, 6.07) is 0.597. The average molecular weight is 267 g/mol. The standard InChI is InChI=1S/C15H29N3O/c1-4-8-14-16-13(5-2)15(19)18(14)11-12-9-6-7-10-17(12)3/h12-14,16H,4-11H2,1-3H3. The Morgan fingerprint density at radius 3 is 2.74 bits per heavy atom. The van der Waals surface area contributed by atoms with Crippen molar-refractivity contribution in [3.63, 3.8) is 0 Å². The van der Waals surface area contributed by atoms with Gasteiger partial charge in [0, 0.05) is 12.6 Å². The quantitative estimate of drug-likeness (QED) is 0.825. The summed E-state index contributed by atoms with van der Waals surface area (Å²) in [5.41, 5.74) is 0. The molecule has 0 radical (unpaired) electrons. The van der Waals surface area contributed by atoms with Gasteiger partial charge in [-0.15, -0.1) is 0 Å². The lowest BCUT2D eigenvalue weighted by Crippen LogP contribution is -2.48. The third-order valence-corrected chi connectivity index (χ3v) is 4.65. The van der Waals surface area contributed by atoms with Gasteiger partial charge in [0.2, 0.25) is 5.91 Å². The molecule has 3 unspecified atom stereocenters. The van der Waals surface area contributed by atoms with E-state index in [1.165, 1.54) is 25.8 Å². The molecule has 19 heavy (non-hydrogen) atoms. The van der Waals surface area contributed by atoms with E-state index in [0.29, 0.717) is 11.9 Å². The van der Waals surface area contributed by atoms with Gasteiger partial charge in [0.25, 0.3) is 0 Å². The molecule has 3 atom stereocenters. The van der Waals surface area contributed by atoms with E-state index in [0.717, 1.165) is 25.8 Å². The maximum absolute atomic E-state index is 12.4. The van der Waals surface area contributed by atoms with Gasteiger partial charge in [-0.25, -0.2) is 0 Å². The molecule has 0 aromatic carbocycles. The van der Waals surface area contributed by atoms with E-state index < -0.39 is 0 Å². The molecule has 1 amide bonds. The zero-order valence-electron chi connectivity index (χ0n) is 12.7. The summed E-state index contributed by atoms with van der Waals surface area (Å²) in [7, 11) is 2.20. The van der Waals surface area contributed by atoms with Crippen LogP contribution in [0.4, 0.5) is 0 Å². The van der Waals surface area contributed by atoms with Crippen LogP contribution in [0.5, 0.6) is 0 Å². The summed E-state index contributed by atoms with van der Waals surface area (Å²) < 4.78 is 0. The molecule has 2 fully saturated rings. The second kappa shape index (κ2) is 6.71. The molecule has 2 aliphatic rings. The normalized spacial score (nSPS) is 33.1. The third kappa shape index (κ3) is 3.29. The lowest BCUT2D eigenvalue weighted by molar-refractivity contribution is -0.131. The zero-order valence-corrected chi connectivity index (χ0v) is 12.7. The molecule has 2 rings (SSSR count). The van der Waals surface area contributed by atoms with Gasteiger partial charge in [-0.2, -0.15) is 0 Å². The Hall–Kier alpha value is -0.610. The second-order valence-corrected chi connectivity index (χ2v) is 6.05. The molecular formula is C15H29N3O. The van der Waals surface area contributed by atoms with Crippen LogP contribution in [0.1, 0.15) is 52.4 Å². The highest BCUT2D eigenvalue weighted by atomic mass is 16.2. The van der Waals surface area contributed by atoms with Crippen molar-refractivity contribution < 1.29 is 4.79 Å². The highest BCUT2D eigenvalue weighted by Gasteiger charge is 2.38. The van der Waals surface area contributed by atoms with Gasteiger partial charge >= 0.3 is 0 Å². The Balaban J connectivity index is 2.00. The second-order valence-electron chi connectivity index (χ2n) is 6.05. The van der Waals surface area contributed by atoms with Crippen molar-refractivity contribution in [2.24, 2.45) is 0 Å². The molecule has 0 bridgehead atoms. The number of likely N-dealkylation sites (tertiary alicyclic amines) is 1. The number of carbonyl (C=O) groups is 1. The Bertz CT molecular complexity index is 308. The molecule has 0 aromatic heterocycles. The predicted octanol–water partition coefficient (Wildman–Crippen LogP) is 1.81. The molecule has 1 N–H and O–H groups in total. The Kier molecular flexibility index (Phi) is 5.22. The first-order valence-corrected chi connectivity index (χ1v) is 7.94. The smallest absolute Gasteiger partial charge is 0.241 e. The molecule has 2 heterocycles. The lowest BCUT2D eigenvalue weighted by atomic mass is 10.0. The minimum Gasteiger partial charge on any atom is -0.324 e. The monoisotopic (exact) mass is 267 g/mol. The largest absolute Gasteiger partial charge is 0.324 e. The molecule has 4 nitrogen and oxygen atoms in total. The Morgan fingerprint density at radius 2 is 2.11 bits per heavy atom. The molecule has 0 spiro atoms. The molecule has 2 aliphatic heterocycles. The van der Waals surface area contributed by atoms with Crippen LogP contribution in [0.2, 0.25) is 0 Å². The first-order valence-electron chi connectivity index (χ1n) is 7.94. The van der Waals surface area contributed by atoms with E-state index in [-0.39, 0.29) is 12.2 Å². The number of piperidine rings is 1. The van der Waals surface area contributed by atoms with E-state index >= 15 is 0 Å². The third-order valence-electron chi connectivity index (χ3n) is 4.65. The Morgan fingerprint density at radius 1 is 1.32 bits per heavy atom. The van der Waals surface area contributed by atoms with Crippen LogP contribution in [-0.2, 0) is 4.79 Å². The Labute approximate surface area is 117 Å². The lowest BCUT2D eigenvalue weighted by Gasteiger charge is -2.36. The fraction of sp³-hybridized carbons (Fsp3) is 0.933. The molecule has 0 aromatic rings. The first kappa shape index (κ1) is 14.8. The molecular weight excluding hydrogens is 238 g/mol. The molecule has 0 saturated carbocycles. The number of likely N-dealkylation sites (N-methyl/N-ethyl adjacent to an activating group) is 1. The van der Waals surface area contributed by atoms with Crippen molar-refractivity contribution >= 4 is 5.91 Å². The van der Waals surface area contributed by atoms with Crippen molar-refractivity contribution in [2.75, 3.05) is 20.1 Å². The summed E-state index contributed by atoms with van der Waals surface area (Å²) in [5.74, 6) is 0.319. The molecule has 2 saturated heterocycles. The van der Waals surface area contributed by atoms with Crippen LogP contribution in [0.25, 0.3) is 0 Å². The minimum absolute atomic E-state index is 0.0467.